The Morgan fingerprint density at radius 2 is 1.62 bits per heavy atom. The van der Waals surface area contributed by atoms with Gasteiger partial charge in [0.05, 0.1) is 0 Å². The fourth-order valence-corrected chi connectivity index (χ4v) is 1.56. The molecule has 21 heavy (non-hydrogen) atoms. The van der Waals surface area contributed by atoms with Gasteiger partial charge in [0, 0.05) is 29.2 Å². The number of carboxylic acids is 1. The van der Waals surface area contributed by atoms with Gasteiger partial charge in [0.1, 0.15) is 0 Å². The summed E-state index contributed by atoms with van der Waals surface area (Å²) in [7, 11) is 0. The van der Waals surface area contributed by atoms with Gasteiger partial charge in [-0.3, -0.25) is 9.59 Å². The molecule has 0 fully saturated rings. The monoisotopic (exact) mass is 291 g/mol. The van der Waals surface area contributed by atoms with E-state index in [1.165, 1.54) is 0 Å². The fourth-order valence-electron chi connectivity index (χ4n) is 1.56. The molecule has 1 aromatic rings. The van der Waals surface area contributed by atoms with E-state index in [1.807, 2.05) is 20.8 Å². The van der Waals surface area contributed by atoms with Crippen LogP contribution in [0.25, 0.3) is 0 Å². The molecule has 0 aliphatic heterocycles. The molecule has 0 aromatic heterocycles. The molecule has 114 valence electrons. The first-order chi connectivity index (χ1) is 9.67. The molecule has 0 spiro atoms. The highest BCUT2D eigenvalue weighted by Crippen LogP contribution is 2.11. The number of hydrogen-bond donors (Lipinski definition) is 2. The molecule has 1 aromatic carbocycles. The van der Waals surface area contributed by atoms with Crippen LogP contribution < -0.4 is 15.7 Å². The summed E-state index contributed by atoms with van der Waals surface area (Å²) in [5.74, 6) is -1.87. The Kier molecular flexibility index (Phi) is 5.46. The zero-order valence-electron chi connectivity index (χ0n) is 12.4. The Morgan fingerprint density at radius 1 is 1.05 bits per heavy atom. The largest absolute Gasteiger partial charge is 0.550 e. The molecule has 0 bridgehead atoms. The average Bonchev–Trinajstić information content (AvgIpc) is 2.35. The third kappa shape index (κ3) is 6.56. The van der Waals surface area contributed by atoms with E-state index in [9.17, 15) is 19.5 Å². The van der Waals surface area contributed by atoms with Crippen LogP contribution >= 0.6 is 0 Å². The van der Waals surface area contributed by atoms with Crippen molar-refractivity contribution in [1.29, 1.82) is 0 Å². The molecular formula is C15H19N2O4-. The predicted octanol–water partition coefficient (Wildman–Crippen LogP) is 0.683. The third-order valence-electron chi connectivity index (χ3n) is 2.48. The second kappa shape index (κ2) is 6.88. The minimum atomic E-state index is -1.26. The van der Waals surface area contributed by atoms with E-state index in [-0.39, 0.29) is 24.3 Å². The smallest absolute Gasteiger partial charge is 0.251 e. The number of anilines is 1. The standard InChI is InChI=1S/C15H20N2O4/c1-15(2,3)17-14(21)10-4-6-11(7-5-10)16-12(18)8-9-13(19)20/h4-7H,8-9H2,1-3H3,(H,16,18)(H,17,21)(H,19,20)/p-1. The van der Waals surface area contributed by atoms with Crippen LogP contribution in [0.1, 0.15) is 44.0 Å². The van der Waals surface area contributed by atoms with Gasteiger partial charge in [-0.15, -0.1) is 0 Å². The maximum Gasteiger partial charge on any atom is 0.251 e. The zero-order valence-corrected chi connectivity index (χ0v) is 12.4. The first-order valence-corrected chi connectivity index (χ1v) is 6.59. The van der Waals surface area contributed by atoms with Crippen LogP contribution in [0.2, 0.25) is 0 Å². The van der Waals surface area contributed by atoms with Crippen molar-refractivity contribution in [3.05, 3.63) is 29.8 Å². The summed E-state index contributed by atoms with van der Waals surface area (Å²) in [5.41, 5.74) is 0.665. The van der Waals surface area contributed by atoms with E-state index < -0.39 is 11.9 Å². The van der Waals surface area contributed by atoms with E-state index in [2.05, 4.69) is 10.6 Å². The summed E-state index contributed by atoms with van der Waals surface area (Å²) < 4.78 is 0. The first-order valence-electron chi connectivity index (χ1n) is 6.59. The van der Waals surface area contributed by atoms with Gasteiger partial charge in [-0.2, -0.15) is 0 Å². The number of carboxylic acid groups (broad SMARTS) is 1. The van der Waals surface area contributed by atoms with E-state index >= 15 is 0 Å². The highest BCUT2D eigenvalue weighted by Gasteiger charge is 2.15. The highest BCUT2D eigenvalue weighted by molar-refractivity contribution is 5.96. The lowest BCUT2D eigenvalue weighted by atomic mass is 10.1. The second-order valence-corrected chi connectivity index (χ2v) is 5.70. The summed E-state index contributed by atoms with van der Waals surface area (Å²) in [6.45, 7) is 5.66. The molecule has 0 atom stereocenters. The fraction of sp³-hybridized carbons (Fsp3) is 0.400. The van der Waals surface area contributed by atoms with Crippen molar-refractivity contribution in [3.8, 4) is 0 Å². The summed E-state index contributed by atoms with van der Waals surface area (Å²) in [6, 6.07) is 6.37. The van der Waals surface area contributed by atoms with Crippen LogP contribution in [0.4, 0.5) is 5.69 Å². The molecule has 2 amide bonds. The molecule has 0 saturated heterocycles. The van der Waals surface area contributed by atoms with E-state index in [0.29, 0.717) is 11.3 Å². The summed E-state index contributed by atoms with van der Waals surface area (Å²) >= 11 is 0. The summed E-state index contributed by atoms with van der Waals surface area (Å²) in [6.07, 6.45) is -0.466. The Hall–Kier alpha value is -2.37. The SMILES string of the molecule is CC(C)(C)NC(=O)c1ccc(NC(=O)CCC(=O)[O-])cc1. The Morgan fingerprint density at radius 3 is 2.10 bits per heavy atom. The first kappa shape index (κ1) is 16.7. The van der Waals surface area contributed by atoms with Crippen LogP contribution in [0.5, 0.6) is 0 Å². The number of carbonyl (C=O) groups is 3. The lowest BCUT2D eigenvalue weighted by Crippen LogP contribution is -2.40. The van der Waals surface area contributed by atoms with Gasteiger partial charge >= 0.3 is 0 Å². The molecule has 0 unspecified atom stereocenters. The van der Waals surface area contributed by atoms with Gasteiger partial charge in [-0.05, 0) is 51.5 Å². The molecule has 2 N–H and O–H groups in total. The third-order valence-corrected chi connectivity index (χ3v) is 2.48. The number of benzene rings is 1. The molecule has 6 heteroatoms. The van der Waals surface area contributed by atoms with Gasteiger partial charge in [-0.1, -0.05) is 0 Å². The van der Waals surface area contributed by atoms with Crippen LogP contribution in [-0.4, -0.2) is 23.3 Å². The van der Waals surface area contributed by atoms with Crippen LogP contribution in [-0.2, 0) is 9.59 Å². The van der Waals surface area contributed by atoms with Gasteiger partial charge in [-0.25, -0.2) is 0 Å². The molecule has 6 nitrogen and oxygen atoms in total. The number of aliphatic carboxylic acids is 1. The van der Waals surface area contributed by atoms with Crippen molar-refractivity contribution in [3.63, 3.8) is 0 Å². The van der Waals surface area contributed by atoms with Gasteiger partial charge in [0.25, 0.3) is 5.91 Å². The van der Waals surface area contributed by atoms with Crippen molar-refractivity contribution in [2.45, 2.75) is 39.2 Å². The van der Waals surface area contributed by atoms with E-state index in [4.69, 9.17) is 0 Å². The minimum Gasteiger partial charge on any atom is -0.550 e. The molecule has 0 aliphatic rings. The maximum absolute atomic E-state index is 11.9. The Balaban J connectivity index is 2.60. The molecular weight excluding hydrogens is 272 g/mol. The van der Waals surface area contributed by atoms with E-state index in [0.717, 1.165) is 0 Å². The predicted molar refractivity (Wildman–Crippen MR) is 76.5 cm³/mol. The summed E-state index contributed by atoms with van der Waals surface area (Å²) in [4.78, 5) is 33.6. The summed E-state index contributed by atoms with van der Waals surface area (Å²) in [5, 5.41) is 15.6. The molecule has 1 rings (SSSR count). The Labute approximate surface area is 123 Å². The Bertz CT molecular complexity index is 530. The normalized spacial score (nSPS) is 10.8. The van der Waals surface area contributed by atoms with Gasteiger partial charge < -0.3 is 20.5 Å². The molecule has 0 saturated carbocycles. The lowest BCUT2D eigenvalue weighted by Gasteiger charge is -2.20. The maximum atomic E-state index is 11.9. The van der Waals surface area contributed by atoms with Crippen molar-refractivity contribution >= 4 is 23.5 Å². The topological polar surface area (TPSA) is 98.3 Å². The number of rotatable bonds is 5. The van der Waals surface area contributed by atoms with E-state index in [1.54, 1.807) is 24.3 Å². The second-order valence-electron chi connectivity index (χ2n) is 5.70. The van der Waals surface area contributed by atoms with Gasteiger partial charge in [0.2, 0.25) is 5.91 Å². The zero-order chi connectivity index (χ0) is 16.0. The van der Waals surface area contributed by atoms with Gasteiger partial charge in [0.15, 0.2) is 0 Å². The molecule has 0 heterocycles. The van der Waals surface area contributed by atoms with Crippen LogP contribution in [0, 0.1) is 0 Å². The number of carbonyl (C=O) groups excluding carboxylic acids is 3. The quantitative estimate of drug-likeness (QED) is 0.833. The molecule has 0 aliphatic carbocycles. The van der Waals surface area contributed by atoms with Crippen molar-refractivity contribution in [2.75, 3.05) is 5.32 Å². The average molecular weight is 291 g/mol. The van der Waals surface area contributed by atoms with Crippen LogP contribution in [0.3, 0.4) is 0 Å². The minimum absolute atomic E-state index is 0.144. The highest BCUT2D eigenvalue weighted by atomic mass is 16.4. The van der Waals surface area contributed by atoms with Crippen molar-refractivity contribution < 1.29 is 19.5 Å². The molecule has 0 radical (unpaired) electrons. The number of hydrogen-bond acceptors (Lipinski definition) is 4. The lowest BCUT2D eigenvalue weighted by molar-refractivity contribution is -0.305. The van der Waals surface area contributed by atoms with Crippen molar-refractivity contribution in [2.24, 2.45) is 0 Å². The number of nitrogens with one attached hydrogen (secondary N) is 2. The van der Waals surface area contributed by atoms with Crippen molar-refractivity contribution in [1.82, 2.24) is 5.32 Å². The van der Waals surface area contributed by atoms with Crippen LogP contribution in [0.15, 0.2) is 24.3 Å². The number of amides is 2.